The summed E-state index contributed by atoms with van der Waals surface area (Å²) in [7, 11) is 0. The number of fused-ring (bicyclic) bond motifs is 1. The number of nitrogens with one attached hydrogen (secondary N) is 3. The van der Waals surface area contributed by atoms with Crippen molar-refractivity contribution in [2.24, 2.45) is 0 Å². The Morgan fingerprint density at radius 3 is 2.00 bits per heavy atom. The maximum Gasteiger partial charge on any atom is 0.262 e. The van der Waals surface area contributed by atoms with E-state index in [-0.39, 0.29) is 30.9 Å². The molecule has 0 bridgehead atoms. The van der Waals surface area contributed by atoms with Crippen LogP contribution in [-0.2, 0) is 9.59 Å². The van der Waals surface area contributed by atoms with Crippen molar-refractivity contribution in [2.75, 3.05) is 36.0 Å². The van der Waals surface area contributed by atoms with E-state index in [9.17, 15) is 24.0 Å². The van der Waals surface area contributed by atoms with Gasteiger partial charge in [-0.15, -0.1) is 0 Å². The lowest BCUT2D eigenvalue weighted by molar-refractivity contribution is -0.136. The molecule has 0 aromatic heterocycles. The van der Waals surface area contributed by atoms with Gasteiger partial charge < -0.3 is 25.2 Å². The van der Waals surface area contributed by atoms with E-state index in [2.05, 4.69) is 31.8 Å². The van der Waals surface area contributed by atoms with Crippen LogP contribution in [0.4, 0.5) is 11.4 Å². The Hall–Kier alpha value is -5.45. The van der Waals surface area contributed by atoms with Gasteiger partial charge in [-0.25, -0.2) is 0 Å². The summed E-state index contributed by atoms with van der Waals surface area (Å²) in [6.45, 7) is 3.50. The molecule has 4 fully saturated rings. The summed E-state index contributed by atoms with van der Waals surface area (Å²) in [6.07, 6.45) is 7.54. The fraction of sp³-hybridized carbons (Fsp3) is 0.442. The molecule has 1 atom stereocenters. The van der Waals surface area contributed by atoms with Crippen molar-refractivity contribution in [3.8, 4) is 11.8 Å². The molecule has 4 heterocycles. The third-order valence-corrected chi connectivity index (χ3v) is 12.4. The topological polar surface area (TPSA) is 164 Å². The lowest BCUT2D eigenvalue weighted by atomic mass is 9.92. The molecule has 0 spiro atoms. The van der Waals surface area contributed by atoms with Crippen LogP contribution < -0.4 is 30.5 Å². The van der Waals surface area contributed by atoms with Crippen LogP contribution in [0.25, 0.3) is 0 Å². The Labute approximate surface area is 336 Å². The predicted octanol–water partition coefficient (Wildman–Crippen LogP) is 4.96. The van der Waals surface area contributed by atoms with Crippen molar-refractivity contribution >= 4 is 52.5 Å². The minimum Gasteiger partial charge on any atom is -0.490 e. The number of hydrogen-bond acceptors (Lipinski definition) is 10. The molecule has 3 N–H and O–H groups in total. The summed E-state index contributed by atoms with van der Waals surface area (Å²) in [5.41, 5.74) is 3.68. The first-order chi connectivity index (χ1) is 27.6. The molecule has 1 saturated carbocycles. The van der Waals surface area contributed by atoms with Crippen LogP contribution >= 0.6 is 11.6 Å². The van der Waals surface area contributed by atoms with Gasteiger partial charge >= 0.3 is 0 Å². The summed E-state index contributed by atoms with van der Waals surface area (Å²) in [5, 5.41) is 18.8. The van der Waals surface area contributed by atoms with Gasteiger partial charge in [0, 0.05) is 73.7 Å². The molecular formula is C43H46ClN7O6. The number of carbonyl (C=O) groups excluding carboxylic acids is 5. The molecule has 3 saturated heterocycles. The lowest BCUT2D eigenvalue weighted by Crippen LogP contribution is -2.54. The van der Waals surface area contributed by atoms with Gasteiger partial charge in [0.15, 0.2) is 0 Å². The van der Waals surface area contributed by atoms with E-state index in [1.165, 1.54) is 0 Å². The van der Waals surface area contributed by atoms with Crippen molar-refractivity contribution in [3.05, 3.63) is 87.9 Å². The molecule has 13 nitrogen and oxygen atoms in total. The number of benzene rings is 3. The molecule has 3 aromatic rings. The third-order valence-electron chi connectivity index (χ3n) is 12.1. The molecule has 5 aliphatic rings. The van der Waals surface area contributed by atoms with Crippen molar-refractivity contribution < 1.29 is 28.7 Å². The molecule has 3 aromatic carbocycles. The normalized spacial score (nSPS) is 23.2. The van der Waals surface area contributed by atoms with E-state index in [1.54, 1.807) is 30.3 Å². The maximum absolute atomic E-state index is 13.3. The number of carbonyl (C=O) groups is 5. The van der Waals surface area contributed by atoms with Crippen LogP contribution in [-0.4, -0.2) is 90.9 Å². The lowest BCUT2D eigenvalue weighted by Gasteiger charge is -2.39. The number of rotatable bonds is 9. The summed E-state index contributed by atoms with van der Waals surface area (Å²) in [6, 6.07) is 20.3. The first kappa shape index (κ1) is 38.4. The highest BCUT2D eigenvalue weighted by Gasteiger charge is 2.45. The quantitative estimate of drug-likeness (QED) is 0.253. The summed E-state index contributed by atoms with van der Waals surface area (Å²) in [5.74, 6) is -1.38. The molecule has 1 aliphatic carbocycles. The average Bonchev–Trinajstić information content (AvgIpc) is 3.47. The molecule has 0 radical (unpaired) electrons. The van der Waals surface area contributed by atoms with Gasteiger partial charge in [0.25, 0.3) is 17.7 Å². The zero-order chi connectivity index (χ0) is 39.6. The molecule has 8 rings (SSSR count). The molecular weight excluding hydrogens is 746 g/mol. The molecule has 14 heteroatoms. The second kappa shape index (κ2) is 16.6. The van der Waals surface area contributed by atoms with Gasteiger partial charge in [0.05, 0.1) is 27.8 Å². The minimum absolute atomic E-state index is 0.0444. The van der Waals surface area contributed by atoms with Crippen molar-refractivity contribution in [1.29, 1.82) is 5.26 Å². The SMILES string of the molecule is N#Cc1ccc(O[C@H]2CC[C@H](NC(=O)c3ccc(N4CCC(NC5CCN(c6ccc7c(c6)C(=O)N(C6CCC(=O)NC6=O)C7=O)CC5)CC4)cc3)CC2)cc1Cl. The molecule has 4 aliphatic heterocycles. The Morgan fingerprint density at radius 1 is 0.737 bits per heavy atom. The largest absolute Gasteiger partial charge is 0.490 e. The number of imide groups is 2. The number of amides is 5. The number of nitriles is 1. The van der Waals surface area contributed by atoms with Gasteiger partial charge in [-0.05, 0) is 112 Å². The first-order valence-electron chi connectivity index (χ1n) is 20.0. The number of hydrogen-bond donors (Lipinski definition) is 3. The van der Waals surface area contributed by atoms with Crippen LogP contribution in [0.5, 0.6) is 5.75 Å². The molecule has 296 valence electrons. The second-order valence-electron chi connectivity index (χ2n) is 15.7. The van der Waals surface area contributed by atoms with E-state index in [0.717, 1.165) is 93.8 Å². The first-order valence-corrected chi connectivity index (χ1v) is 20.4. The Balaban J connectivity index is 0.753. The van der Waals surface area contributed by atoms with Gasteiger partial charge in [-0.2, -0.15) is 5.26 Å². The minimum atomic E-state index is -0.972. The number of piperidine rings is 3. The number of halogens is 1. The molecule has 5 amide bonds. The van der Waals surface area contributed by atoms with E-state index in [4.69, 9.17) is 21.6 Å². The van der Waals surface area contributed by atoms with Crippen LogP contribution in [0.2, 0.25) is 5.02 Å². The Morgan fingerprint density at radius 2 is 1.37 bits per heavy atom. The number of ether oxygens (including phenoxy) is 1. The summed E-state index contributed by atoms with van der Waals surface area (Å²) in [4.78, 5) is 69.2. The fourth-order valence-electron chi connectivity index (χ4n) is 8.87. The Bertz CT molecular complexity index is 2100. The zero-order valence-electron chi connectivity index (χ0n) is 31.7. The average molecular weight is 792 g/mol. The molecule has 1 unspecified atom stereocenters. The van der Waals surface area contributed by atoms with Crippen molar-refractivity contribution in [1.82, 2.24) is 20.9 Å². The van der Waals surface area contributed by atoms with Crippen LogP contribution in [0.3, 0.4) is 0 Å². The maximum atomic E-state index is 13.3. The van der Waals surface area contributed by atoms with E-state index in [1.807, 2.05) is 30.3 Å². The Kier molecular flexibility index (Phi) is 11.2. The monoisotopic (exact) mass is 791 g/mol. The zero-order valence-corrected chi connectivity index (χ0v) is 32.4. The van der Waals surface area contributed by atoms with Gasteiger partial charge in [0.2, 0.25) is 11.8 Å². The van der Waals surface area contributed by atoms with E-state index < -0.39 is 29.7 Å². The van der Waals surface area contributed by atoms with Crippen LogP contribution in [0, 0.1) is 11.3 Å². The highest BCUT2D eigenvalue weighted by molar-refractivity contribution is 6.31. The van der Waals surface area contributed by atoms with Crippen LogP contribution in [0.1, 0.15) is 101 Å². The van der Waals surface area contributed by atoms with Crippen molar-refractivity contribution in [3.63, 3.8) is 0 Å². The highest BCUT2D eigenvalue weighted by Crippen LogP contribution is 2.32. The van der Waals surface area contributed by atoms with Crippen molar-refractivity contribution in [2.45, 2.75) is 94.5 Å². The van der Waals surface area contributed by atoms with E-state index >= 15 is 0 Å². The van der Waals surface area contributed by atoms with Gasteiger partial charge in [-0.1, -0.05) is 11.6 Å². The molecule has 57 heavy (non-hydrogen) atoms. The fourth-order valence-corrected chi connectivity index (χ4v) is 9.08. The predicted molar refractivity (Wildman–Crippen MR) is 213 cm³/mol. The number of anilines is 2. The van der Waals surface area contributed by atoms with Gasteiger partial charge in [0.1, 0.15) is 17.9 Å². The van der Waals surface area contributed by atoms with Crippen LogP contribution in [0.15, 0.2) is 60.7 Å². The second-order valence-corrected chi connectivity index (χ2v) is 16.1. The summed E-state index contributed by atoms with van der Waals surface area (Å²) >= 11 is 6.15. The standard InChI is InChI=1S/C43H46ClN7O6/c44-37-24-34(9-3-27(37)25-45)57-33-10-4-28(5-11-33)47-40(53)26-1-6-31(7-2-26)49-19-15-29(16-20-49)46-30-17-21-50(22-18-30)32-8-12-35-36(23-32)43(56)51(42(35)55)38-13-14-39(52)48-41(38)54/h1-3,6-9,12,23-24,28-30,33,38,46H,4-5,10-11,13-22H2,(H,47,53)(H,48,52,54)/t28-,33-,38?. The highest BCUT2D eigenvalue weighted by atomic mass is 35.5. The van der Waals surface area contributed by atoms with E-state index in [0.29, 0.717) is 45.1 Å². The smallest absolute Gasteiger partial charge is 0.262 e. The third kappa shape index (κ3) is 8.34. The van der Waals surface area contributed by atoms with Gasteiger partial charge in [-0.3, -0.25) is 34.2 Å². The number of nitrogens with zero attached hydrogens (tertiary/aromatic N) is 4. The summed E-state index contributed by atoms with van der Waals surface area (Å²) < 4.78 is 6.10.